The van der Waals surface area contributed by atoms with Gasteiger partial charge in [-0.05, 0) is 35.9 Å². The number of likely N-dealkylation sites (N-methyl/N-ethyl adjacent to an activating group) is 1. The Balaban J connectivity index is 3.08. The van der Waals surface area contributed by atoms with Crippen molar-refractivity contribution in [2.75, 3.05) is 13.2 Å². The Morgan fingerprint density at radius 2 is 1.52 bits per heavy atom. The van der Waals surface area contributed by atoms with E-state index in [-0.39, 0.29) is 17.6 Å². The van der Waals surface area contributed by atoms with Crippen LogP contribution in [0.1, 0.15) is 71.6 Å². The zero-order valence-electron chi connectivity index (χ0n) is 14.9. The lowest BCUT2D eigenvalue weighted by atomic mass is 9.81. The van der Waals surface area contributed by atoms with Gasteiger partial charge in [-0.2, -0.15) is 0 Å². The molecule has 0 spiro atoms. The second-order valence-electron chi connectivity index (χ2n) is 7.10. The largest absolute Gasteiger partial charge is 0.376 e. The number of nitrogens with one attached hydrogen (secondary N) is 1. The highest BCUT2D eigenvalue weighted by Crippen LogP contribution is 2.33. The maximum Gasteiger partial charge on any atom is 0.0817 e. The molecule has 0 amide bonds. The van der Waals surface area contributed by atoms with E-state index in [9.17, 15) is 0 Å². The van der Waals surface area contributed by atoms with Crippen molar-refractivity contribution < 1.29 is 4.74 Å². The van der Waals surface area contributed by atoms with E-state index in [0.717, 1.165) is 13.2 Å². The molecule has 0 saturated carbocycles. The molecule has 120 valence electrons. The number of hydrogen-bond acceptors (Lipinski definition) is 2. The third kappa shape index (κ3) is 5.12. The van der Waals surface area contributed by atoms with Crippen molar-refractivity contribution in [2.45, 2.75) is 66.5 Å². The van der Waals surface area contributed by atoms with Gasteiger partial charge in [-0.1, -0.05) is 65.8 Å². The van der Waals surface area contributed by atoms with Crippen LogP contribution < -0.4 is 5.32 Å². The first-order valence-electron chi connectivity index (χ1n) is 8.26. The average Bonchev–Trinajstić information content (AvgIpc) is 2.41. The van der Waals surface area contributed by atoms with Crippen molar-refractivity contribution in [2.24, 2.45) is 5.41 Å². The van der Waals surface area contributed by atoms with E-state index in [0.29, 0.717) is 5.92 Å². The van der Waals surface area contributed by atoms with Crippen LogP contribution in [0.5, 0.6) is 0 Å². The standard InChI is InChI=1S/C19H33NO/c1-8-20-17(18(21-9-2)19(5,6)7)16-12-10-15(11-13-16)14(3)4/h10-14,17-18,20H,8-9H2,1-7H3. The van der Waals surface area contributed by atoms with Gasteiger partial charge < -0.3 is 10.1 Å². The molecule has 1 aromatic rings. The first-order valence-corrected chi connectivity index (χ1v) is 8.26. The van der Waals surface area contributed by atoms with Crippen molar-refractivity contribution >= 4 is 0 Å². The first-order chi connectivity index (χ1) is 9.81. The predicted octanol–water partition coefficient (Wildman–Crippen LogP) is 4.91. The molecule has 21 heavy (non-hydrogen) atoms. The van der Waals surface area contributed by atoms with Crippen LogP contribution in [0.2, 0.25) is 0 Å². The molecule has 2 unspecified atom stereocenters. The van der Waals surface area contributed by atoms with Gasteiger partial charge in [0.2, 0.25) is 0 Å². The number of benzene rings is 1. The smallest absolute Gasteiger partial charge is 0.0817 e. The van der Waals surface area contributed by atoms with E-state index in [1.54, 1.807) is 0 Å². The molecular weight excluding hydrogens is 258 g/mol. The van der Waals surface area contributed by atoms with Crippen LogP contribution in [-0.2, 0) is 4.74 Å². The van der Waals surface area contributed by atoms with Crippen molar-refractivity contribution in [3.8, 4) is 0 Å². The summed E-state index contributed by atoms with van der Waals surface area (Å²) in [7, 11) is 0. The molecule has 0 aliphatic rings. The van der Waals surface area contributed by atoms with Gasteiger partial charge in [0.15, 0.2) is 0 Å². The van der Waals surface area contributed by atoms with E-state index in [1.165, 1.54) is 11.1 Å². The molecule has 0 saturated heterocycles. The fraction of sp³-hybridized carbons (Fsp3) is 0.684. The lowest BCUT2D eigenvalue weighted by Crippen LogP contribution is -2.42. The summed E-state index contributed by atoms with van der Waals surface area (Å²) in [6, 6.07) is 9.23. The summed E-state index contributed by atoms with van der Waals surface area (Å²) in [5.41, 5.74) is 2.80. The Morgan fingerprint density at radius 1 is 1.00 bits per heavy atom. The molecule has 0 heterocycles. The molecule has 1 N–H and O–H groups in total. The van der Waals surface area contributed by atoms with Gasteiger partial charge >= 0.3 is 0 Å². The van der Waals surface area contributed by atoms with E-state index in [4.69, 9.17) is 4.74 Å². The Kier molecular flexibility index (Phi) is 6.89. The fourth-order valence-electron chi connectivity index (χ4n) is 2.73. The second kappa shape index (κ2) is 7.95. The average molecular weight is 291 g/mol. The van der Waals surface area contributed by atoms with Crippen LogP contribution in [0.4, 0.5) is 0 Å². The summed E-state index contributed by atoms with van der Waals surface area (Å²) in [6.45, 7) is 17.1. The molecule has 2 atom stereocenters. The van der Waals surface area contributed by atoms with Crippen LogP contribution in [0, 0.1) is 5.41 Å². The molecule has 0 aromatic heterocycles. The molecule has 2 nitrogen and oxygen atoms in total. The second-order valence-corrected chi connectivity index (χ2v) is 7.10. The fourth-order valence-corrected chi connectivity index (χ4v) is 2.73. The minimum Gasteiger partial charge on any atom is -0.376 e. The van der Waals surface area contributed by atoms with Gasteiger partial charge in [0.25, 0.3) is 0 Å². The van der Waals surface area contributed by atoms with Crippen LogP contribution >= 0.6 is 0 Å². The van der Waals surface area contributed by atoms with Crippen molar-refractivity contribution in [3.63, 3.8) is 0 Å². The molecule has 0 fully saturated rings. The highest BCUT2D eigenvalue weighted by atomic mass is 16.5. The Hall–Kier alpha value is -0.860. The summed E-state index contributed by atoms with van der Waals surface area (Å²) < 4.78 is 6.09. The molecule has 0 radical (unpaired) electrons. The summed E-state index contributed by atoms with van der Waals surface area (Å²) in [6.07, 6.45) is 0.160. The van der Waals surface area contributed by atoms with Gasteiger partial charge in [0.1, 0.15) is 0 Å². The van der Waals surface area contributed by atoms with Gasteiger partial charge in [-0.15, -0.1) is 0 Å². The third-order valence-corrected chi connectivity index (χ3v) is 3.89. The van der Waals surface area contributed by atoms with Crippen LogP contribution in [0.3, 0.4) is 0 Å². The van der Waals surface area contributed by atoms with Gasteiger partial charge in [-0.3, -0.25) is 0 Å². The maximum atomic E-state index is 6.09. The molecule has 0 aliphatic heterocycles. The minimum atomic E-state index is 0.0968. The molecule has 0 aliphatic carbocycles. The van der Waals surface area contributed by atoms with E-state index in [1.807, 2.05) is 0 Å². The summed E-state index contributed by atoms with van der Waals surface area (Å²) in [5, 5.41) is 3.61. The van der Waals surface area contributed by atoms with Crippen LogP contribution in [0.25, 0.3) is 0 Å². The minimum absolute atomic E-state index is 0.0968. The zero-order chi connectivity index (χ0) is 16.0. The van der Waals surface area contributed by atoms with Gasteiger partial charge in [0.05, 0.1) is 12.1 Å². The SMILES string of the molecule is CCNC(c1ccc(C(C)C)cc1)C(OCC)C(C)(C)C. The highest BCUT2D eigenvalue weighted by Gasteiger charge is 2.33. The van der Waals surface area contributed by atoms with Crippen molar-refractivity contribution in [3.05, 3.63) is 35.4 Å². The van der Waals surface area contributed by atoms with Crippen molar-refractivity contribution in [1.29, 1.82) is 0 Å². The number of ether oxygens (including phenoxy) is 1. The molecule has 1 aromatic carbocycles. The predicted molar refractivity (Wildman–Crippen MR) is 91.8 cm³/mol. The first kappa shape index (κ1) is 18.2. The van der Waals surface area contributed by atoms with Gasteiger partial charge in [-0.25, -0.2) is 0 Å². The quantitative estimate of drug-likeness (QED) is 0.770. The number of rotatable bonds is 7. The topological polar surface area (TPSA) is 21.3 Å². The number of hydrogen-bond donors (Lipinski definition) is 1. The van der Waals surface area contributed by atoms with E-state index < -0.39 is 0 Å². The summed E-state index contributed by atoms with van der Waals surface area (Å²) >= 11 is 0. The van der Waals surface area contributed by atoms with E-state index >= 15 is 0 Å². The van der Waals surface area contributed by atoms with Crippen molar-refractivity contribution in [1.82, 2.24) is 5.32 Å². The lowest BCUT2D eigenvalue weighted by molar-refractivity contribution is -0.0363. The Bertz CT molecular complexity index is 403. The summed E-state index contributed by atoms with van der Waals surface area (Å²) in [4.78, 5) is 0. The lowest BCUT2D eigenvalue weighted by Gasteiger charge is -2.37. The Morgan fingerprint density at radius 3 is 1.90 bits per heavy atom. The highest BCUT2D eigenvalue weighted by molar-refractivity contribution is 5.28. The van der Waals surface area contributed by atoms with Crippen LogP contribution in [0.15, 0.2) is 24.3 Å². The summed E-state index contributed by atoms with van der Waals surface area (Å²) in [5.74, 6) is 0.571. The molecule has 0 bridgehead atoms. The maximum absolute atomic E-state index is 6.09. The molecule has 2 heteroatoms. The van der Waals surface area contributed by atoms with E-state index in [2.05, 4.69) is 78.0 Å². The van der Waals surface area contributed by atoms with Crippen LogP contribution in [-0.4, -0.2) is 19.3 Å². The zero-order valence-corrected chi connectivity index (χ0v) is 14.9. The molecule has 1 rings (SSSR count). The van der Waals surface area contributed by atoms with Gasteiger partial charge in [0, 0.05) is 6.61 Å². The molecular formula is C19H33NO. The monoisotopic (exact) mass is 291 g/mol. The normalized spacial score (nSPS) is 15.2. The Labute approximate surface area is 131 Å². The third-order valence-electron chi connectivity index (χ3n) is 3.89.